The van der Waals surface area contributed by atoms with Gasteiger partial charge < -0.3 is 0 Å². The van der Waals surface area contributed by atoms with Crippen LogP contribution in [-0.4, -0.2) is 4.98 Å². The summed E-state index contributed by atoms with van der Waals surface area (Å²) in [5.41, 5.74) is 5.29. The standard InChI is InChI=1S/C18H21N/c1-14-13-16(18-9-5-6-12-19-18)10-11-17(14)15-7-3-2-4-8-15/h5-6,9-13,15H,2-4,7-8H2,1H3. The molecule has 0 amide bonds. The van der Waals surface area contributed by atoms with Gasteiger partial charge in [0.15, 0.2) is 0 Å². The zero-order valence-electron chi connectivity index (χ0n) is 11.6. The fourth-order valence-electron chi connectivity index (χ4n) is 3.24. The topological polar surface area (TPSA) is 12.9 Å². The van der Waals surface area contributed by atoms with Gasteiger partial charge in [-0.25, -0.2) is 0 Å². The number of aryl methyl sites for hydroxylation is 1. The number of benzene rings is 1. The van der Waals surface area contributed by atoms with Crippen molar-refractivity contribution in [2.24, 2.45) is 0 Å². The summed E-state index contributed by atoms with van der Waals surface area (Å²) in [6.45, 7) is 2.25. The Morgan fingerprint density at radius 3 is 2.53 bits per heavy atom. The Morgan fingerprint density at radius 2 is 1.84 bits per heavy atom. The average Bonchev–Trinajstić information content (AvgIpc) is 2.49. The minimum atomic E-state index is 0.784. The van der Waals surface area contributed by atoms with Crippen LogP contribution >= 0.6 is 0 Å². The number of hydrogen-bond acceptors (Lipinski definition) is 1. The molecule has 2 aromatic rings. The summed E-state index contributed by atoms with van der Waals surface area (Å²) in [4.78, 5) is 4.43. The first-order valence-corrected chi connectivity index (χ1v) is 7.36. The Hall–Kier alpha value is -1.63. The molecule has 1 nitrogen and oxygen atoms in total. The van der Waals surface area contributed by atoms with Crippen molar-refractivity contribution in [1.29, 1.82) is 0 Å². The Bertz CT molecular complexity index is 539. The molecule has 1 aromatic heterocycles. The molecule has 0 saturated heterocycles. The average molecular weight is 251 g/mol. The van der Waals surface area contributed by atoms with Crippen LogP contribution < -0.4 is 0 Å². The normalized spacial score (nSPS) is 16.5. The van der Waals surface area contributed by atoms with Gasteiger partial charge in [0, 0.05) is 11.8 Å². The SMILES string of the molecule is Cc1cc(-c2ccccn2)ccc1C1CCCCC1. The van der Waals surface area contributed by atoms with Crippen molar-refractivity contribution >= 4 is 0 Å². The fourth-order valence-corrected chi connectivity index (χ4v) is 3.24. The molecule has 1 heterocycles. The molecular weight excluding hydrogens is 230 g/mol. The first-order valence-electron chi connectivity index (χ1n) is 7.36. The molecule has 0 unspecified atom stereocenters. The summed E-state index contributed by atoms with van der Waals surface area (Å²) in [5, 5.41) is 0. The molecular formula is C18H21N. The molecule has 3 rings (SSSR count). The van der Waals surface area contributed by atoms with E-state index in [0.29, 0.717) is 0 Å². The van der Waals surface area contributed by atoms with Crippen LogP contribution in [0, 0.1) is 6.92 Å². The zero-order chi connectivity index (χ0) is 13.1. The van der Waals surface area contributed by atoms with Gasteiger partial charge in [-0.2, -0.15) is 0 Å². The van der Waals surface area contributed by atoms with E-state index >= 15 is 0 Å². The Labute approximate surface area is 115 Å². The van der Waals surface area contributed by atoms with Gasteiger partial charge in [0.1, 0.15) is 0 Å². The van der Waals surface area contributed by atoms with Crippen molar-refractivity contribution in [2.45, 2.75) is 44.9 Å². The van der Waals surface area contributed by atoms with E-state index in [9.17, 15) is 0 Å². The summed E-state index contributed by atoms with van der Waals surface area (Å²) >= 11 is 0. The van der Waals surface area contributed by atoms with E-state index in [4.69, 9.17) is 0 Å². The second-order valence-corrected chi connectivity index (χ2v) is 5.62. The highest BCUT2D eigenvalue weighted by Gasteiger charge is 2.17. The van der Waals surface area contributed by atoms with Crippen LogP contribution in [0.5, 0.6) is 0 Å². The van der Waals surface area contributed by atoms with Crippen LogP contribution in [0.4, 0.5) is 0 Å². The van der Waals surface area contributed by atoms with Crippen molar-refractivity contribution < 1.29 is 0 Å². The van der Waals surface area contributed by atoms with E-state index in [1.165, 1.54) is 43.2 Å². The van der Waals surface area contributed by atoms with Crippen molar-refractivity contribution in [3.63, 3.8) is 0 Å². The highest BCUT2D eigenvalue weighted by molar-refractivity contribution is 5.61. The molecule has 98 valence electrons. The third-order valence-electron chi connectivity index (χ3n) is 4.28. The molecule has 1 heteroatoms. The van der Waals surface area contributed by atoms with Gasteiger partial charge in [0.25, 0.3) is 0 Å². The van der Waals surface area contributed by atoms with Crippen LogP contribution in [0.25, 0.3) is 11.3 Å². The van der Waals surface area contributed by atoms with Crippen molar-refractivity contribution in [2.75, 3.05) is 0 Å². The van der Waals surface area contributed by atoms with E-state index in [-0.39, 0.29) is 0 Å². The summed E-state index contributed by atoms with van der Waals surface area (Å²) in [6, 6.07) is 13.0. The lowest BCUT2D eigenvalue weighted by Gasteiger charge is -2.24. The minimum Gasteiger partial charge on any atom is -0.256 e. The van der Waals surface area contributed by atoms with Gasteiger partial charge in [-0.05, 0) is 55.0 Å². The Kier molecular flexibility index (Phi) is 3.63. The van der Waals surface area contributed by atoms with Crippen LogP contribution in [0.15, 0.2) is 42.6 Å². The second-order valence-electron chi connectivity index (χ2n) is 5.62. The van der Waals surface area contributed by atoms with E-state index in [0.717, 1.165) is 11.6 Å². The number of pyridine rings is 1. The molecule has 0 atom stereocenters. The predicted octanol–water partition coefficient (Wildman–Crippen LogP) is 5.10. The maximum absolute atomic E-state index is 4.43. The molecule has 0 radical (unpaired) electrons. The molecule has 1 fully saturated rings. The third-order valence-corrected chi connectivity index (χ3v) is 4.28. The van der Waals surface area contributed by atoms with Crippen LogP contribution in [0.2, 0.25) is 0 Å². The van der Waals surface area contributed by atoms with E-state index in [2.05, 4.69) is 36.2 Å². The lowest BCUT2D eigenvalue weighted by atomic mass is 9.82. The van der Waals surface area contributed by atoms with Gasteiger partial charge in [-0.1, -0.05) is 37.5 Å². The van der Waals surface area contributed by atoms with E-state index in [1.807, 2.05) is 18.3 Å². The van der Waals surface area contributed by atoms with Crippen molar-refractivity contribution in [3.05, 3.63) is 53.7 Å². The number of aromatic nitrogens is 1. The molecule has 0 spiro atoms. The monoisotopic (exact) mass is 251 g/mol. The van der Waals surface area contributed by atoms with Gasteiger partial charge in [0.05, 0.1) is 5.69 Å². The third kappa shape index (κ3) is 2.70. The fraction of sp³-hybridized carbons (Fsp3) is 0.389. The van der Waals surface area contributed by atoms with Crippen LogP contribution in [0.3, 0.4) is 0 Å². The van der Waals surface area contributed by atoms with Crippen molar-refractivity contribution in [3.8, 4) is 11.3 Å². The molecule has 1 saturated carbocycles. The quantitative estimate of drug-likeness (QED) is 0.723. The van der Waals surface area contributed by atoms with E-state index in [1.54, 1.807) is 5.56 Å². The number of hydrogen-bond donors (Lipinski definition) is 0. The molecule has 0 aliphatic heterocycles. The second kappa shape index (κ2) is 5.56. The summed E-state index contributed by atoms with van der Waals surface area (Å²) in [7, 11) is 0. The molecule has 0 N–H and O–H groups in total. The van der Waals surface area contributed by atoms with Crippen LogP contribution in [0.1, 0.15) is 49.1 Å². The van der Waals surface area contributed by atoms with E-state index < -0.39 is 0 Å². The summed E-state index contributed by atoms with van der Waals surface area (Å²) < 4.78 is 0. The van der Waals surface area contributed by atoms with Gasteiger partial charge >= 0.3 is 0 Å². The maximum atomic E-state index is 4.43. The first kappa shape index (κ1) is 12.4. The largest absolute Gasteiger partial charge is 0.256 e. The van der Waals surface area contributed by atoms with Crippen molar-refractivity contribution in [1.82, 2.24) is 4.98 Å². The lowest BCUT2D eigenvalue weighted by Crippen LogP contribution is -2.06. The van der Waals surface area contributed by atoms with Crippen LogP contribution in [-0.2, 0) is 0 Å². The minimum absolute atomic E-state index is 0.784. The summed E-state index contributed by atoms with van der Waals surface area (Å²) in [6.07, 6.45) is 8.80. The molecule has 1 aliphatic carbocycles. The smallest absolute Gasteiger partial charge is 0.0702 e. The lowest BCUT2D eigenvalue weighted by molar-refractivity contribution is 0.442. The number of nitrogens with zero attached hydrogens (tertiary/aromatic N) is 1. The number of rotatable bonds is 2. The Balaban J connectivity index is 1.89. The first-order chi connectivity index (χ1) is 9.34. The van der Waals surface area contributed by atoms with Gasteiger partial charge in [-0.3, -0.25) is 4.98 Å². The molecule has 0 bridgehead atoms. The predicted molar refractivity (Wildman–Crippen MR) is 80.2 cm³/mol. The maximum Gasteiger partial charge on any atom is 0.0702 e. The molecule has 1 aromatic carbocycles. The molecule has 1 aliphatic rings. The van der Waals surface area contributed by atoms with Gasteiger partial charge in [0.2, 0.25) is 0 Å². The van der Waals surface area contributed by atoms with Gasteiger partial charge in [-0.15, -0.1) is 0 Å². The molecule has 19 heavy (non-hydrogen) atoms. The highest BCUT2D eigenvalue weighted by Crippen LogP contribution is 2.35. The Morgan fingerprint density at radius 1 is 1.00 bits per heavy atom. The summed E-state index contributed by atoms with van der Waals surface area (Å²) in [5.74, 6) is 0.784. The zero-order valence-corrected chi connectivity index (χ0v) is 11.6. The highest BCUT2D eigenvalue weighted by atomic mass is 14.7.